The topological polar surface area (TPSA) is 49.8 Å². The third kappa shape index (κ3) is 6.27. The lowest BCUT2D eigenvalue weighted by Crippen LogP contribution is -1.97. The van der Waals surface area contributed by atoms with E-state index in [1.807, 2.05) is 0 Å². The highest BCUT2D eigenvalue weighted by atomic mass is 32.2. The molecule has 0 aromatic carbocycles. The van der Waals surface area contributed by atoms with Crippen LogP contribution < -0.4 is 10.9 Å². The van der Waals surface area contributed by atoms with E-state index in [-0.39, 0.29) is 0 Å². The standard InChI is InChI=1S/C5H13N2S/c6-4-2-1-3-5-8-7/h7H,1-6H2. The van der Waals surface area contributed by atoms with Crippen molar-refractivity contribution in [2.75, 3.05) is 12.3 Å². The number of hydrogen-bond acceptors (Lipinski definition) is 2. The Labute approximate surface area is 55.1 Å². The number of rotatable bonds is 5. The van der Waals surface area contributed by atoms with Crippen molar-refractivity contribution >= 4 is 11.9 Å². The zero-order valence-electron chi connectivity index (χ0n) is 5.02. The van der Waals surface area contributed by atoms with Gasteiger partial charge in [-0.2, -0.15) is 5.14 Å². The van der Waals surface area contributed by atoms with Crippen LogP contribution in [0.3, 0.4) is 0 Å². The fourth-order valence-electron chi connectivity index (χ4n) is 0.495. The van der Waals surface area contributed by atoms with Gasteiger partial charge in [-0.1, -0.05) is 18.4 Å². The molecular formula is C5H13N2S. The summed E-state index contributed by atoms with van der Waals surface area (Å²) >= 11 is 1.16. The molecule has 0 saturated heterocycles. The summed E-state index contributed by atoms with van der Waals surface area (Å²) in [5, 5.41) is 6.72. The molecule has 3 heteroatoms. The molecule has 0 amide bonds. The van der Waals surface area contributed by atoms with Gasteiger partial charge in [-0.3, -0.25) is 0 Å². The number of nitrogens with one attached hydrogen (secondary N) is 1. The van der Waals surface area contributed by atoms with E-state index in [0.717, 1.165) is 37.1 Å². The van der Waals surface area contributed by atoms with E-state index in [4.69, 9.17) is 10.9 Å². The predicted octanol–water partition coefficient (Wildman–Crippen LogP) is 1.05. The van der Waals surface area contributed by atoms with Gasteiger partial charge in [0.15, 0.2) is 0 Å². The summed E-state index contributed by atoms with van der Waals surface area (Å²) in [7, 11) is 0. The van der Waals surface area contributed by atoms with Crippen molar-refractivity contribution in [1.82, 2.24) is 5.14 Å². The van der Waals surface area contributed by atoms with Crippen LogP contribution in [0.1, 0.15) is 19.3 Å². The molecule has 0 atom stereocenters. The molecule has 0 unspecified atom stereocenters. The first-order chi connectivity index (χ1) is 3.91. The van der Waals surface area contributed by atoms with Crippen molar-refractivity contribution in [3.63, 3.8) is 0 Å². The normalized spacial score (nSPS) is 9.75. The molecule has 2 nitrogen and oxygen atoms in total. The molecule has 0 aromatic rings. The minimum Gasteiger partial charge on any atom is -0.330 e. The van der Waals surface area contributed by atoms with Crippen LogP contribution in [0, 0.1) is 0 Å². The van der Waals surface area contributed by atoms with Crippen molar-refractivity contribution in [3.8, 4) is 0 Å². The Morgan fingerprint density at radius 3 is 2.50 bits per heavy atom. The van der Waals surface area contributed by atoms with Crippen molar-refractivity contribution < 1.29 is 0 Å². The lowest BCUT2D eigenvalue weighted by molar-refractivity contribution is 0.732. The second kappa shape index (κ2) is 7.27. The molecule has 8 heavy (non-hydrogen) atoms. The lowest BCUT2D eigenvalue weighted by Gasteiger charge is -1.93. The third-order valence-corrected chi connectivity index (χ3v) is 1.44. The van der Waals surface area contributed by atoms with Gasteiger partial charge in [0.05, 0.1) is 0 Å². The Kier molecular flexibility index (Phi) is 7.52. The SMILES string of the molecule is [NH]SCCCCCN. The quantitative estimate of drug-likeness (QED) is 0.450. The summed E-state index contributed by atoms with van der Waals surface area (Å²) in [6.07, 6.45) is 3.44. The molecule has 0 aliphatic heterocycles. The average Bonchev–Trinajstić information content (AvgIpc) is 1.81. The van der Waals surface area contributed by atoms with Gasteiger partial charge in [-0.15, -0.1) is 0 Å². The first-order valence-electron chi connectivity index (χ1n) is 2.90. The Bertz CT molecular complexity index is 35.4. The van der Waals surface area contributed by atoms with Crippen LogP contribution in [0.15, 0.2) is 0 Å². The number of unbranched alkanes of at least 4 members (excludes halogenated alkanes) is 2. The maximum absolute atomic E-state index is 6.72. The largest absolute Gasteiger partial charge is 0.330 e. The highest BCUT2D eigenvalue weighted by Gasteiger charge is 1.84. The molecule has 0 rings (SSSR count). The summed E-state index contributed by atoms with van der Waals surface area (Å²) < 4.78 is 0. The van der Waals surface area contributed by atoms with Gasteiger partial charge in [-0.25, -0.2) is 0 Å². The van der Waals surface area contributed by atoms with Crippen LogP contribution >= 0.6 is 11.9 Å². The molecule has 0 aliphatic carbocycles. The van der Waals surface area contributed by atoms with Crippen molar-refractivity contribution in [2.45, 2.75) is 19.3 Å². The molecular weight excluding hydrogens is 120 g/mol. The first kappa shape index (κ1) is 8.27. The van der Waals surface area contributed by atoms with Gasteiger partial charge < -0.3 is 5.73 Å². The fourth-order valence-corrected chi connectivity index (χ4v) is 0.844. The van der Waals surface area contributed by atoms with Crippen LogP contribution in [-0.2, 0) is 0 Å². The molecule has 0 heterocycles. The molecule has 0 spiro atoms. The molecule has 0 fully saturated rings. The summed E-state index contributed by atoms with van der Waals surface area (Å²) in [6.45, 7) is 0.794. The van der Waals surface area contributed by atoms with Crippen molar-refractivity contribution in [2.24, 2.45) is 5.73 Å². The fraction of sp³-hybridized carbons (Fsp3) is 1.00. The minimum absolute atomic E-state index is 0.794. The molecule has 0 aromatic heterocycles. The Morgan fingerprint density at radius 1 is 1.25 bits per heavy atom. The molecule has 0 bridgehead atoms. The molecule has 49 valence electrons. The summed E-state index contributed by atoms with van der Waals surface area (Å²) in [4.78, 5) is 0. The van der Waals surface area contributed by atoms with Gasteiger partial charge in [0, 0.05) is 5.75 Å². The third-order valence-electron chi connectivity index (χ3n) is 0.951. The second-order valence-electron chi connectivity index (χ2n) is 1.70. The first-order valence-corrected chi connectivity index (χ1v) is 3.89. The molecule has 0 saturated carbocycles. The Hall–Kier alpha value is 0.270. The van der Waals surface area contributed by atoms with Gasteiger partial charge >= 0.3 is 0 Å². The van der Waals surface area contributed by atoms with Gasteiger partial charge in [0.1, 0.15) is 0 Å². The van der Waals surface area contributed by atoms with Crippen molar-refractivity contribution in [3.05, 3.63) is 0 Å². The molecule has 3 N–H and O–H groups in total. The van der Waals surface area contributed by atoms with E-state index in [9.17, 15) is 0 Å². The zero-order chi connectivity index (χ0) is 6.24. The predicted molar refractivity (Wildman–Crippen MR) is 38.5 cm³/mol. The number of hydrogen-bond donors (Lipinski definition) is 1. The maximum Gasteiger partial charge on any atom is 0.00911 e. The van der Waals surface area contributed by atoms with Crippen LogP contribution in [0.2, 0.25) is 0 Å². The Morgan fingerprint density at radius 2 is 2.00 bits per heavy atom. The van der Waals surface area contributed by atoms with Crippen LogP contribution in [-0.4, -0.2) is 12.3 Å². The van der Waals surface area contributed by atoms with Crippen molar-refractivity contribution in [1.29, 1.82) is 0 Å². The second-order valence-corrected chi connectivity index (χ2v) is 2.39. The van der Waals surface area contributed by atoms with Gasteiger partial charge in [0.2, 0.25) is 0 Å². The van der Waals surface area contributed by atoms with E-state index in [1.165, 1.54) is 6.42 Å². The highest BCUT2D eigenvalue weighted by Crippen LogP contribution is 1.99. The van der Waals surface area contributed by atoms with Crippen LogP contribution in [0.5, 0.6) is 0 Å². The summed E-state index contributed by atoms with van der Waals surface area (Å²) in [5.74, 6) is 0.958. The number of nitrogens with two attached hydrogens (primary N) is 1. The van der Waals surface area contributed by atoms with E-state index in [2.05, 4.69) is 0 Å². The van der Waals surface area contributed by atoms with E-state index < -0.39 is 0 Å². The summed E-state index contributed by atoms with van der Waals surface area (Å²) in [5.41, 5.74) is 5.26. The van der Waals surface area contributed by atoms with E-state index in [0.29, 0.717) is 0 Å². The molecule has 0 aliphatic rings. The van der Waals surface area contributed by atoms with Crippen LogP contribution in [0.25, 0.3) is 0 Å². The minimum atomic E-state index is 0.794. The average molecular weight is 133 g/mol. The smallest absolute Gasteiger partial charge is 0.00911 e. The van der Waals surface area contributed by atoms with Gasteiger partial charge in [0.25, 0.3) is 0 Å². The lowest BCUT2D eigenvalue weighted by atomic mass is 10.2. The monoisotopic (exact) mass is 133 g/mol. The zero-order valence-corrected chi connectivity index (χ0v) is 5.84. The van der Waals surface area contributed by atoms with E-state index >= 15 is 0 Å². The van der Waals surface area contributed by atoms with E-state index in [1.54, 1.807) is 0 Å². The summed E-state index contributed by atoms with van der Waals surface area (Å²) in [6, 6.07) is 0. The maximum atomic E-state index is 6.72. The van der Waals surface area contributed by atoms with Gasteiger partial charge in [-0.05, 0) is 19.4 Å². The Balaban J connectivity index is 2.53. The van der Waals surface area contributed by atoms with Crippen LogP contribution in [0.4, 0.5) is 0 Å². The molecule has 1 radical (unpaired) electrons. The highest BCUT2D eigenvalue weighted by molar-refractivity contribution is 7.96.